The fourth-order valence-electron chi connectivity index (χ4n) is 3.06. The Morgan fingerprint density at radius 2 is 2.03 bits per heavy atom. The van der Waals surface area contributed by atoms with Gasteiger partial charge in [-0.15, -0.1) is 0 Å². The predicted octanol–water partition coefficient (Wildman–Crippen LogP) is 4.23. The second-order valence-electron chi connectivity index (χ2n) is 6.91. The highest BCUT2D eigenvalue weighted by Crippen LogP contribution is 2.29. The van der Waals surface area contributed by atoms with Gasteiger partial charge >= 0.3 is 12.1 Å². The van der Waals surface area contributed by atoms with Crippen LogP contribution in [-0.4, -0.2) is 40.2 Å². The van der Waals surface area contributed by atoms with Gasteiger partial charge in [0, 0.05) is 30.8 Å². The number of allylic oxidation sites excluding steroid dienone is 1. The van der Waals surface area contributed by atoms with Gasteiger partial charge < -0.3 is 14.2 Å². The number of amides is 1. The third-order valence-electron chi connectivity index (χ3n) is 4.76. The molecule has 1 amide bonds. The van der Waals surface area contributed by atoms with E-state index in [-0.39, 0.29) is 17.8 Å². The van der Waals surface area contributed by atoms with Crippen LogP contribution >= 0.6 is 0 Å². The van der Waals surface area contributed by atoms with Crippen LogP contribution in [0.25, 0.3) is 11.4 Å². The maximum absolute atomic E-state index is 12.7. The number of aromatic nitrogens is 2. The average molecular weight is 409 g/mol. The van der Waals surface area contributed by atoms with Gasteiger partial charge in [0.15, 0.2) is 0 Å². The molecule has 1 saturated heterocycles. The van der Waals surface area contributed by atoms with Gasteiger partial charge in [-0.25, -0.2) is 0 Å². The van der Waals surface area contributed by atoms with E-state index in [2.05, 4.69) is 14.7 Å². The summed E-state index contributed by atoms with van der Waals surface area (Å²) >= 11 is 0. The molecule has 1 aromatic heterocycles. The van der Waals surface area contributed by atoms with E-state index in [1.807, 2.05) is 6.92 Å². The molecule has 0 aliphatic carbocycles. The number of carbonyl (C=O) groups is 1. The van der Waals surface area contributed by atoms with Gasteiger partial charge in [-0.2, -0.15) is 18.2 Å². The van der Waals surface area contributed by atoms with Gasteiger partial charge in [0.1, 0.15) is 0 Å². The minimum atomic E-state index is -4.68. The van der Waals surface area contributed by atoms with Crippen LogP contribution in [-0.2, 0) is 22.3 Å². The molecule has 1 aromatic carbocycles. The Bertz CT molecular complexity index is 869. The van der Waals surface area contributed by atoms with E-state index >= 15 is 0 Å². The van der Waals surface area contributed by atoms with Gasteiger partial charge in [-0.1, -0.05) is 35.5 Å². The van der Waals surface area contributed by atoms with Crippen LogP contribution in [0.2, 0.25) is 0 Å². The number of hydrogen-bond acceptors (Lipinski definition) is 5. The summed E-state index contributed by atoms with van der Waals surface area (Å²) in [4.78, 5) is 17.8. The van der Waals surface area contributed by atoms with Crippen LogP contribution in [0.4, 0.5) is 13.2 Å². The van der Waals surface area contributed by atoms with E-state index < -0.39 is 12.1 Å². The molecule has 1 fully saturated rings. The molecular weight excluding hydrogens is 387 g/mol. The minimum absolute atomic E-state index is 0.0167. The lowest BCUT2D eigenvalue weighted by Crippen LogP contribution is -2.37. The van der Waals surface area contributed by atoms with Crippen molar-refractivity contribution in [3.63, 3.8) is 0 Å². The smallest absolute Gasteiger partial charge is 0.376 e. The molecule has 0 spiro atoms. The molecule has 1 atom stereocenters. The molecule has 1 aliphatic heterocycles. The molecule has 0 N–H and O–H groups in total. The number of nitrogens with zero attached hydrogens (tertiary/aromatic N) is 3. The summed E-state index contributed by atoms with van der Waals surface area (Å²) in [7, 11) is 0. The lowest BCUT2D eigenvalue weighted by atomic mass is 10.1. The zero-order valence-corrected chi connectivity index (χ0v) is 16.2. The van der Waals surface area contributed by atoms with Gasteiger partial charge in [-0.3, -0.25) is 4.79 Å². The van der Waals surface area contributed by atoms with Gasteiger partial charge in [-0.05, 0) is 32.3 Å². The first-order chi connectivity index (χ1) is 13.8. The molecule has 29 heavy (non-hydrogen) atoms. The van der Waals surface area contributed by atoms with Crippen LogP contribution in [0.1, 0.15) is 38.1 Å². The van der Waals surface area contributed by atoms with E-state index in [0.717, 1.165) is 18.4 Å². The third-order valence-corrected chi connectivity index (χ3v) is 4.76. The topological polar surface area (TPSA) is 68.5 Å². The molecule has 0 radical (unpaired) electrons. The monoisotopic (exact) mass is 409 g/mol. The maximum Gasteiger partial charge on any atom is 0.471 e. The largest absolute Gasteiger partial charge is 0.471 e. The molecule has 9 heteroatoms. The number of alkyl halides is 3. The van der Waals surface area contributed by atoms with E-state index in [0.29, 0.717) is 30.8 Å². The minimum Gasteiger partial charge on any atom is -0.376 e. The first-order valence-electron chi connectivity index (χ1n) is 9.32. The van der Waals surface area contributed by atoms with Crippen molar-refractivity contribution in [3.05, 3.63) is 47.4 Å². The molecule has 2 heterocycles. The van der Waals surface area contributed by atoms with Crippen molar-refractivity contribution in [1.29, 1.82) is 0 Å². The highest BCUT2D eigenvalue weighted by atomic mass is 19.4. The quantitative estimate of drug-likeness (QED) is 0.668. The van der Waals surface area contributed by atoms with Gasteiger partial charge in [0.25, 0.3) is 0 Å². The number of benzene rings is 1. The number of rotatable bonds is 6. The zero-order chi connectivity index (χ0) is 21.0. The Kier molecular flexibility index (Phi) is 6.36. The number of carbonyl (C=O) groups excluding carboxylic acids is 1. The molecule has 156 valence electrons. The van der Waals surface area contributed by atoms with Crippen LogP contribution in [0.15, 0.2) is 40.4 Å². The van der Waals surface area contributed by atoms with Crippen molar-refractivity contribution >= 4 is 5.91 Å². The van der Waals surface area contributed by atoms with Crippen molar-refractivity contribution in [2.75, 3.05) is 13.2 Å². The molecule has 1 aliphatic rings. The van der Waals surface area contributed by atoms with Crippen molar-refractivity contribution in [2.45, 2.75) is 45.5 Å². The Hall–Kier alpha value is -2.68. The highest BCUT2D eigenvalue weighted by Gasteiger charge is 2.38. The van der Waals surface area contributed by atoms with E-state index in [9.17, 15) is 18.0 Å². The fourth-order valence-corrected chi connectivity index (χ4v) is 3.06. The standard InChI is InChI=1S/C20H22F3N3O3/c1-3-13(2)18(27)26(12-16-5-4-10-28-16)11-14-6-8-15(9-7-14)17-24-19(29-25-17)20(21,22)23/h3,6-9,16H,4-5,10-12H2,1-2H3. The molecule has 0 bridgehead atoms. The molecular formula is C20H22F3N3O3. The highest BCUT2D eigenvalue weighted by molar-refractivity contribution is 5.92. The summed E-state index contributed by atoms with van der Waals surface area (Å²) in [6, 6.07) is 6.69. The lowest BCUT2D eigenvalue weighted by Gasteiger charge is -2.26. The summed E-state index contributed by atoms with van der Waals surface area (Å²) < 4.78 is 47.8. The van der Waals surface area contributed by atoms with Crippen LogP contribution in [0, 0.1) is 0 Å². The summed E-state index contributed by atoms with van der Waals surface area (Å²) in [6.07, 6.45) is -1.00. The van der Waals surface area contributed by atoms with Crippen LogP contribution in [0.3, 0.4) is 0 Å². The zero-order valence-electron chi connectivity index (χ0n) is 16.2. The summed E-state index contributed by atoms with van der Waals surface area (Å²) in [6.45, 7) is 5.14. The first-order valence-corrected chi connectivity index (χ1v) is 9.32. The lowest BCUT2D eigenvalue weighted by molar-refractivity contribution is -0.159. The van der Waals surface area contributed by atoms with Crippen LogP contribution in [0.5, 0.6) is 0 Å². The van der Waals surface area contributed by atoms with Gasteiger partial charge in [0.05, 0.1) is 6.10 Å². The molecule has 6 nitrogen and oxygen atoms in total. The molecule has 0 saturated carbocycles. The van der Waals surface area contributed by atoms with Crippen molar-refractivity contribution in [3.8, 4) is 11.4 Å². The average Bonchev–Trinajstić information content (AvgIpc) is 3.38. The first kappa shape index (κ1) is 21.0. The van der Waals surface area contributed by atoms with Crippen LogP contribution < -0.4 is 0 Å². The van der Waals surface area contributed by atoms with Crippen molar-refractivity contribution < 1.29 is 27.2 Å². The fraction of sp³-hybridized carbons (Fsp3) is 0.450. The second kappa shape index (κ2) is 8.77. The number of halogens is 3. The molecule has 2 aromatic rings. The summed E-state index contributed by atoms with van der Waals surface area (Å²) in [5, 5.41) is 3.38. The summed E-state index contributed by atoms with van der Waals surface area (Å²) in [5.74, 6) is -1.59. The number of hydrogen-bond donors (Lipinski definition) is 0. The van der Waals surface area contributed by atoms with Crippen molar-refractivity contribution in [2.24, 2.45) is 0 Å². The molecule has 3 rings (SSSR count). The van der Waals surface area contributed by atoms with E-state index in [1.165, 1.54) is 0 Å². The third kappa shape index (κ3) is 5.23. The molecule has 1 unspecified atom stereocenters. The SMILES string of the molecule is CC=C(C)C(=O)N(Cc1ccc(-c2noc(C(F)(F)F)n2)cc1)CC1CCCO1. The Morgan fingerprint density at radius 1 is 1.31 bits per heavy atom. The normalized spacial score (nSPS) is 17.6. The predicted molar refractivity (Wildman–Crippen MR) is 98.6 cm³/mol. The Morgan fingerprint density at radius 3 is 2.59 bits per heavy atom. The van der Waals surface area contributed by atoms with Crippen molar-refractivity contribution in [1.82, 2.24) is 15.0 Å². The Labute approximate surface area is 166 Å². The number of ether oxygens (including phenoxy) is 1. The Balaban J connectivity index is 1.74. The van der Waals surface area contributed by atoms with E-state index in [4.69, 9.17) is 4.74 Å². The van der Waals surface area contributed by atoms with E-state index in [1.54, 1.807) is 42.2 Å². The van der Waals surface area contributed by atoms with Gasteiger partial charge in [0.2, 0.25) is 11.7 Å². The second-order valence-corrected chi connectivity index (χ2v) is 6.91. The maximum atomic E-state index is 12.7. The summed E-state index contributed by atoms with van der Waals surface area (Å²) in [5.41, 5.74) is 1.88.